The molecule has 1 amide bonds. The van der Waals surface area contributed by atoms with Crippen molar-refractivity contribution in [2.75, 3.05) is 20.3 Å². The molecule has 0 spiro atoms. The monoisotopic (exact) mass is 436 g/mol. The second-order valence-electron chi connectivity index (χ2n) is 7.85. The third-order valence-corrected chi connectivity index (χ3v) is 5.69. The lowest BCUT2D eigenvalue weighted by Gasteiger charge is -2.38. The van der Waals surface area contributed by atoms with Crippen molar-refractivity contribution in [1.29, 1.82) is 5.26 Å². The predicted molar refractivity (Wildman–Crippen MR) is 118 cm³/mol. The zero-order valence-corrected chi connectivity index (χ0v) is 18.3. The molecule has 1 aliphatic rings. The Hall–Kier alpha value is -3.53. The minimum atomic E-state index is -0.803. The molecule has 0 N–H and O–H groups in total. The number of esters is 1. The van der Waals surface area contributed by atoms with Crippen molar-refractivity contribution in [3.63, 3.8) is 0 Å². The minimum Gasteiger partial charge on any atom is -0.489 e. The van der Waals surface area contributed by atoms with Crippen LogP contribution in [0.2, 0.25) is 0 Å². The number of benzene rings is 2. The first kappa shape index (κ1) is 23.1. The number of rotatable bonds is 9. The second kappa shape index (κ2) is 11.2. The summed E-state index contributed by atoms with van der Waals surface area (Å²) < 4.78 is 16.2. The van der Waals surface area contributed by atoms with Crippen LogP contribution in [0.3, 0.4) is 0 Å². The SMILES string of the molecule is CN(C(=O)COC(=O)COc1ccc(OCc2ccccc2)cc1)C1(C#N)CCCCC1. The quantitative estimate of drug-likeness (QED) is 0.555. The molecule has 1 fully saturated rings. The Morgan fingerprint density at radius 3 is 2.19 bits per heavy atom. The van der Waals surface area contributed by atoms with Crippen LogP contribution >= 0.6 is 0 Å². The van der Waals surface area contributed by atoms with E-state index in [1.807, 2.05) is 30.3 Å². The fourth-order valence-corrected chi connectivity index (χ4v) is 3.69. The maximum Gasteiger partial charge on any atom is 0.344 e. The third kappa shape index (κ3) is 6.24. The number of amides is 1. The molecule has 1 aliphatic carbocycles. The van der Waals surface area contributed by atoms with Crippen LogP contribution in [0.25, 0.3) is 0 Å². The molecule has 0 bridgehead atoms. The summed E-state index contributed by atoms with van der Waals surface area (Å²) >= 11 is 0. The van der Waals surface area contributed by atoms with Crippen LogP contribution in [0, 0.1) is 11.3 Å². The van der Waals surface area contributed by atoms with Gasteiger partial charge in [0, 0.05) is 7.05 Å². The normalized spacial score (nSPS) is 14.6. The van der Waals surface area contributed by atoms with Crippen LogP contribution in [0.1, 0.15) is 37.7 Å². The lowest BCUT2D eigenvalue weighted by molar-refractivity contribution is -0.155. The molecule has 1 saturated carbocycles. The topological polar surface area (TPSA) is 88.9 Å². The van der Waals surface area contributed by atoms with E-state index < -0.39 is 18.1 Å². The van der Waals surface area contributed by atoms with Gasteiger partial charge in [0.05, 0.1) is 6.07 Å². The highest BCUT2D eigenvalue weighted by molar-refractivity contribution is 5.81. The summed E-state index contributed by atoms with van der Waals surface area (Å²) in [5.41, 5.74) is 0.266. The van der Waals surface area contributed by atoms with Gasteiger partial charge in [-0.15, -0.1) is 0 Å². The first-order chi connectivity index (χ1) is 15.5. The maximum atomic E-state index is 12.4. The van der Waals surface area contributed by atoms with E-state index in [-0.39, 0.29) is 12.5 Å². The molecule has 0 saturated heterocycles. The summed E-state index contributed by atoms with van der Waals surface area (Å²) in [6.45, 7) is -0.262. The predicted octanol–water partition coefficient (Wildman–Crippen LogP) is 3.87. The fourth-order valence-electron chi connectivity index (χ4n) is 3.69. The number of carbonyl (C=O) groups is 2. The van der Waals surface area contributed by atoms with E-state index in [1.54, 1.807) is 31.3 Å². The van der Waals surface area contributed by atoms with Crippen molar-refractivity contribution in [2.45, 2.75) is 44.2 Å². The Morgan fingerprint density at radius 2 is 1.56 bits per heavy atom. The summed E-state index contributed by atoms with van der Waals surface area (Å²) in [6, 6.07) is 19.0. The Kier molecular flexibility index (Phi) is 8.09. The van der Waals surface area contributed by atoms with Crippen molar-refractivity contribution < 1.29 is 23.8 Å². The smallest absolute Gasteiger partial charge is 0.344 e. The van der Waals surface area contributed by atoms with E-state index in [9.17, 15) is 14.9 Å². The summed E-state index contributed by atoms with van der Waals surface area (Å²) in [4.78, 5) is 25.8. The van der Waals surface area contributed by atoms with Gasteiger partial charge in [-0.1, -0.05) is 49.6 Å². The Labute approximate surface area is 188 Å². The van der Waals surface area contributed by atoms with E-state index in [0.717, 1.165) is 24.8 Å². The zero-order chi connectivity index (χ0) is 22.8. The van der Waals surface area contributed by atoms with Gasteiger partial charge in [0.2, 0.25) is 0 Å². The van der Waals surface area contributed by atoms with E-state index in [0.29, 0.717) is 30.9 Å². The summed E-state index contributed by atoms with van der Waals surface area (Å²) in [7, 11) is 1.60. The lowest BCUT2D eigenvalue weighted by atomic mass is 9.81. The molecule has 2 aromatic carbocycles. The number of hydrogen-bond acceptors (Lipinski definition) is 6. The largest absolute Gasteiger partial charge is 0.489 e. The van der Waals surface area contributed by atoms with Crippen molar-refractivity contribution in [1.82, 2.24) is 4.90 Å². The minimum absolute atomic E-state index is 0.315. The number of ether oxygens (including phenoxy) is 3. The molecule has 0 heterocycles. The van der Waals surface area contributed by atoms with Gasteiger partial charge >= 0.3 is 5.97 Å². The van der Waals surface area contributed by atoms with Gasteiger partial charge in [0.25, 0.3) is 5.91 Å². The van der Waals surface area contributed by atoms with Gasteiger partial charge in [-0.2, -0.15) is 5.26 Å². The average molecular weight is 437 g/mol. The fraction of sp³-hybridized carbons (Fsp3) is 0.400. The van der Waals surface area contributed by atoms with Gasteiger partial charge in [0.1, 0.15) is 23.6 Å². The Bertz CT molecular complexity index is 931. The molecular formula is C25H28N2O5. The highest BCUT2D eigenvalue weighted by Gasteiger charge is 2.38. The van der Waals surface area contributed by atoms with Gasteiger partial charge < -0.3 is 19.1 Å². The number of hydrogen-bond donors (Lipinski definition) is 0. The summed E-state index contributed by atoms with van der Waals surface area (Å²) in [5, 5.41) is 9.58. The van der Waals surface area contributed by atoms with Crippen LogP contribution < -0.4 is 9.47 Å². The molecule has 0 unspecified atom stereocenters. The number of likely N-dealkylation sites (N-methyl/N-ethyl adjacent to an activating group) is 1. The van der Waals surface area contributed by atoms with Crippen molar-refractivity contribution in [3.05, 3.63) is 60.2 Å². The molecule has 0 atom stereocenters. The average Bonchev–Trinajstić information content (AvgIpc) is 2.86. The maximum absolute atomic E-state index is 12.4. The van der Waals surface area contributed by atoms with Gasteiger partial charge in [-0.3, -0.25) is 4.79 Å². The first-order valence-electron chi connectivity index (χ1n) is 10.8. The van der Waals surface area contributed by atoms with Crippen LogP contribution in [-0.2, 0) is 20.9 Å². The molecule has 0 aromatic heterocycles. The van der Waals surface area contributed by atoms with E-state index >= 15 is 0 Å². The van der Waals surface area contributed by atoms with E-state index in [1.165, 1.54) is 4.90 Å². The third-order valence-electron chi connectivity index (χ3n) is 5.69. The second-order valence-corrected chi connectivity index (χ2v) is 7.85. The number of nitriles is 1. The van der Waals surface area contributed by atoms with Gasteiger partial charge in [0.15, 0.2) is 13.2 Å². The molecule has 2 aromatic rings. The van der Waals surface area contributed by atoms with E-state index in [2.05, 4.69) is 6.07 Å². The van der Waals surface area contributed by atoms with Crippen LogP contribution in [-0.4, -0.2) is 42.6 Å². The highest BCUT2D eigenvalue weighted by atomic mass is 16.6. The van der Waals surface area contributed by atoms with E-state index in [4.69, 9.17) is 14.2 Å². The molecule has 32 heavy (non-hydrogen) atoms. The molecule has 0 radical (unpaired) electrons. The first-order valence-corrected chi connectivity index (χ1v) is 10.8. The van der Waals surface area contributed by atoms with Gasteiger partial charge in [-0.05, 0) is 42.7 Å². The summed E-state index contributed by atoms with van der Waals surface area (Å²) in [5.74, 6) is 0.141. The Balaban J connectivity index is 1.39. The zero-order valence-electron chi connectivity index (χ0n) is 18.3. The highest BCUT2D eigenvalue weighted by Crippen LogP contribution is 2.32. The Morgan fingerprint density at radius 1 is 0.938 bits per heavy atom. The van der Waals surface area contributed by atoms with Crippen molar-refractivity contribution in [3.8, 4) is 17.6 Å². The van der Waals surface area contributed by atoms with Gasteiger partial charge in [-0.25, -0.2) is 4.79 Å². The molecule has 3 rings (SSSR count). The molecule has 0 aliphatic heterocycles. The molecule has 7 nitrogen and oxygen atoms in total. The summed E-state index contributed by atoms with van der Waals surface area (Å²) in [6.07, 6.45) is 4.18. The van der Waals surface area contributed by atoms with Crippen LogP contribution in [0.4, 0.5) is 0 Å². The lowest BCUT2D eigenvalue weighted by Crippen LogP contribution is -2.51. The van der Waals surface area contributed by atoms with Crippen LogP contribution in [0.15, 0.2) is 54.6 Å². The molecular weight excluding hydrogens is 408 g/mol. The molecule has 7 heteroatoms. The number of carbonyl (C=O) groups excluding carboxylic acids is 2. The standard InChI is InChI=1S/C25H28N2O5/c1-27(25(19-26)14-6-3-7-15-25)23(28)17-32-24(29)18-31-22-12-10-21(11-13-22)30-16-20-8-4-2-5-9-20/h2,4-5,8-13H,3,6-7,14-18H2,1H3. The number of nitrogens with zero attached hydrogens (tertiary/aromatic N) is 2. The van der Waals surface area contributed by atoms with Crippen molar-refractivity contribution >= 4 is 11.9 Å². The van der Waals surface area contributed by atoms with Crippen molar-refractivity contribution in [2.24, 2.45) is 0 Å². The van der Waals surface area contributed by atoms with Crippen LogP contribution in [0.5, 0.6) is 11.5 Å². The molecule has 168 valence electrons.